The van der Waals surface area contributed by atoms with Crippen molar-refractivity contribution >= 4 is 23.1 Å². The molecule has 3 N–H and O–H groups in total. The van der Waals surface area contributed by atoms with E-state index in [4.69, 9.17) is 27.5 Å². The smallest absolute Gasteiger partial charge is 0.124 e. The van der Waals surface area contributed by atoms with Crippen molar-refractivity contribution in [2.24, 2.45) is 5.73 Å². The van der Waals surface area contributed by atoms with Gasteiger partial charge in [-0.2, -0.15) is 0 Å². The lowest BCUT2D eigenvalue weighted by atomic mass is 9.97. The molecule has 1 aliphatic rings. The van der Waals surface area contributed by atoms with Crippen molar-refractivity contribution in [2.75, 3.05) is 18.0 Å². The Morgan fingerprint density at radius 2 is 1.80 bits per heavy atom. The predicted octanol–water partition coefficient (Wildman–Crippen LogP) is 3.02. The van der Waals surface area contributed by atoms with Crippen LogP contribution < -0.4 is 10.6 Å². The van der Waals surface area contributed by atoms with E-state index in [1.165, 1.54) is 0 Å². The molecular weight excluding hydrogens is 274 g/mol. The summed E-state index contributed by atoms with van der Waals surface area (Å²) < 4.78 is 6.08. The van der Waals surface area contributed by atoms with Gasteiger partial charge >= 0.3 is 0 Å². The number of anilines is 1. The Kier molecular flexibility index (Phi) is 3.73. The van der Waals surface area contributed by atoms with Crippen LogP contribution in [0.3, 0.4) is 0 Å². The van der Waals surface area contributed by atoms with Crippen LogP contribution in [0.1, 0.15) is 33.3 Å². The van der Waals surface area contributed by atoms with Crippen molar-refractivity contribution in [1.82, 2.24) is 0 Å². The number of rotatable bonds is 2. The van der Waals surface area contributed by atoms with Crippen LogP contribution in [0.5, 0.6) is 0 Å². The molecule has 2 rings (SSSR count). The molecule has 4 nitrogen and oxygen atoms in total. The zero-order valence-corrected chi connectivity index (χ0v) is 13.2. The molecule has 0 atom stereocenters. The lowest BCUT2D eigenvalue weighted by Crippen LogP contribution is -2.57. The molecule has 0 radical (unpaired) electrons. The third-order valence-corrected chi connectivity index (χ3v) is 3.52. The normalized spacial score (nSPS) is 20.8. The monoisotopic (exact) mass is 295 g/mol. The Labute approximate surface area is 125 Å². The molecule has 0 spiro atoms. The molecule has 0 amide bonds. The van der Waals surface area contributed by atoms with Gasteiger partial charge in [-0.1, -0.05) is 11.6 Å². The van der Waals surface area contributed by atoms with E-state index in [9.17, 15) is 0 Å². The minimum Gasteiger partial charge on any atom is -0.384 e. The largest absolute Gasteiger partial charge is 0.384 e. The van der Waals surface area contributed by atoms with Crippen LogP contribution >= 0.6 is 11.6 Å². The highest BCUT2D eigenvalue weighted by Gasteiger charge is 2.38. The van der Waals surface area contributed by atoms with Gasteiger partial charge in [0.2, 0.25) is 0 Å². The van der Waals surface area contributed by atoms with Crippen molar-refractivity contribution in [3.63, 3.8) is 0 Å². The number of nitrogens with one attached hydrogen (secondary N) is 1. The molecule has 1 aromatic rings. The highest BCUT2D eigenvalue weighted by atomic mass is 35.5. The molecule has 1 saturated heterocycles. The summed E-state index contributed by atoms with van der Waals surface area (Å²) in [7, 11) is 0. The molecule has 1 fully saturated rings. The van der Waals surface area contributed by atoms with Gasteiger partial charge in [0.25, 0.3) is 0 Å². The van der Waals surface area contributed by atoms with Crippen molar-refractivity contribution in [1.29, 1.82) is 5.41 Å². The third-order valence-electron chi connectivity index (χ3n) is 3.29. The van der Waals surface area contributed by atoms with Crippen molar-refractivity contribution < 1.29 is 4.74 Å². The third kappa shape index (κ3) is 3.25. The molecule has 1 aliphatic heterocycles. The summed E-state index contributed by atoms with van der Waals surface area (Å²) in [5, 5.41) is 8.39. The molecule has 20 heavy (non-hydrogen) atoms. The Hall–Kier alpha value is -1.26. The van der Waals surface area contributed by atoms with Gasteiger partial charge in [-0.05, 0) is 45.9 Å². The van der Waals surface area contributed by atoms with Crippen molar-refractivity contribution in [3.8, 4) is 0 Å². The van der Waals surface area contributed by atoms with Crippen molar-refractivity contribution in [2.45, 2.75) is 38.9 Å². The quantitative estimate of drug-likeness (QED) is 0.651. The number of hydrogen-bond acceptors (Lipinski definition) is 3. The summed E-state index contributed by atoms with van der Waals surface area (Å²) in [6.45, 7) is 9.74. The lowest BCUT2D eigenvalue weighted by Gasteiger charge is -2.48. The average molecular weight is 296 g/mol. The fraction of sp³-hybridized carbons (Fsp3) is 0.533. The van der Waals surface area contributed by atoms with E-state index >= 15 is 0 Å². The standard InChI is InChI=1S/C15H22ClN3O/c1-14(2)8-19(9-15(3,4)20-14)12-7-10(16)5-6-11(12)13(17)18/h5-7H,8-9H2,1-4H3,(H3,17,18). The van der Waals surface area contributed by atoms with E-state index in [-0.39, 0.29) is 17.0 Å². The maximum atomic E-state index is 7.74. The molecule has 1 heterocycles. The van der Waals surface area contributed by atoms with Gasteiger partial charge < -0.3 is 15.4 Å². The van der Waals surface area contributed by atoms with Crippen LogP contribution in [-0.4, -0.2) is 30.1 Å². The maximum absolute atomic E-state index is 7.74. The zero-order chi connectivity index (χ0) is 15.1. The second kappa shape index (κ2) is 4.93. The molecule has 0 bridgehead atoms. The van der Waals surface area contributed by atoms with Gasteiger partial charge in [0, 0.05) is 29.4 Å². The Balaban J connectivity index is 2.45. The first kappa shape index (κ1) is 15.1. The second-order valence-electron chi connectivity index (χ2n) is 6.55. The minimum absolute atomic E-state index is 0.0544. The SMILES string of the molecule is CC1(C)CN(c2cc(Cl)ccc2C(=N)N)CC(C)(C)O1. The zero-order valence-electron chi connectivity index (χ0n) is 12.5. The number of nitrogens with two attached hydrogens (primary N) is 1. The Morgan fingerprint density at radius 3 is 2.30 bits per heavy atom. The summed E-state index contributed by atoms with van der Waals surface area (Å²) in [4.78, 5) is 2.20. The number of amidine groups is 1. The van der Waals surface area contributed by atoms with E-state index in [1.54, 1.807) is 12.1 Å². The van der Waals surface area contributed by atoms with Gasteiger partial charge in [-0.3, -0.25) is 5.41 Å². The number of ether oxygens (including phenoxy) is 1. The molecule has 0 aliphatic carbocycles. The van der Waals surface area contributed by atoms with E-state index in [0.717, 1.165) is 18.8 Å². The first-order chi connectivity index (χ1) is 9.10. The van der Waals surface area contributed by atoms with E-state index in [1.807, 2.05) is 6.07 Å². The minimum atomic E-state index is -0.266. The summed E-state index contributed by atoms with van der Waals surface area (Å²) >= 11 is 6.11. The van der Waals surface area contributed by atoms with Crippen molar-refractivity contribution in [3.05, 3.63) is 28.8 Å². The molecule has 0 saturated carbocycles. The number of nitrogen functional groups attached to an aromatic ring is 1. The number of hydrogen-bond donors (Lipinski definition) is 2. The van der Waals surface area contributed by atoms with E-state index < -0.39 is 0 Å². The Bertz CT molecular complexity index is 524. The second-order valence-corrected chi connectivity index (χ2v) is 6.99. The van der Waals surface area contributed by atoms with Crippen LogP contribution in [0.15, 0.2) is 18.2 Å². The maximum Gasteiger partial charge on any atom is 0.124 e. The first-order valence-electron chi connectivity index (χ1n) is 6.69. The van der Waals surface area contributed by atoms with Crippen LogP contribution in [0.25, 0.3) is 0 Å². The number of halogens is 1. The van der Waals surface area contributed by atoms with Gasteiger partial charge in [0.15, 0.2) is 0 Å². The molecule has 5 heteroatoms. The number of morpholine rings is 1. The highest BCUT2D eigenvalue weighted by Crippen LogP contribution is 2.34. The number of benzene rings is 1. The fourth-order valence-corrected chi connectivity index (χ4v) is 3.12. The molecule has 110 valence electrons. The first-order valence-corrected chi connectivity index (χ1v) is 7.07. The topological polar surface area (TPSA) is 62.3 Å². The summed E-state index contributed by atoms with van der Waals surface area (Å²) in [5.41, 5.74) is 6.77. The molecular formula is C15H22ClN3O. The van der Waals surface area contributed by atoms with Gasteiger partial charge in [-0.25, -0.2) is 0 Å². The van der Waals surface area contributed by atoms with Crippen LogP contribution in [0.2, 0.25) is 5.02 Å². The number of nitrogens with zero attached hydrogens (tertiary/aromatic N) is 1. The van der Waals surface area contributed by atoms with Gasteiger partial charge in [0.05, 0.1) is 11.2 Å². The van der Waals surface area contributed by atoms with Gasteiger partial charge in [0.1, 0.15) is 5.84 Å². The summed E-state index contributed by atoms with van der Waals surface area (Å²) in [5.74, 6) is 0.0544. The summed E-state index contributed by atoms with van der Waals surface area (Å²) in [6, 6.07) is 5.43. The Morgan fingerprint density at radius 1 is 1.25 bits per heavy atom. The molecule has 0 aromatic heterocycles. The van der Waals surface area contributed by atoms with Crippen LogP contribution in [-0.2, 0) is 4.74 Å². The lowest BCUT2D eigenvalue weighted by molar-refractivity contribution is -0.133. The van der Waals surface area contributed by atoms with Gasteiger partial charge in [-0.15, -0.1) is 0 Å². The average Bonchev–Trinajstić information content (AvgIpc) is 2.24. The highest BCUT2D eigenvalue weighted by molar-refractivity contribution is 6.31. The van der Waals surface area contributed by atoms with Crippen LogP contribution in [0.4, 0.5) is 5.69 Å². The van der Waals surface area contributed by atoms with E-state index in [0.29, 0.717) is 10.6 Å². The molecule has 0 unspecified atom stereocenters. The predicted molar refractivity (Wildman–Crippen MR) is 83.9 cm³/mol. The van der Waals surface area contributed by atoms with Crippen LogP contribution in [0, 0.1) is 5.41 Å². The summed E-state index contributed by atoms with van der Waals surface area (Å²) in [6.07, 6.45) is 0. The van der Waals surface area contributed by atoms with E-state index in [2.05, 4.69) is 32.6 Å². The fourth-order valence-electron chi connectivity index (χ4n) is 2.95. The molecule has 1 aromatic carbocycles.